The highest BCUT2D eigenvalue weighted by Crippen LogP contribution is 2.30. The van der Waals surface area contributed by atoms with Crippen molar-refractivity contribution in [3.63, 3.8) is 0 Å². The van der Waals surface area contributed by atoms with E-state index in [-0.39, 0.29) is 0 Å². The number of rotatable bonds is 3. The summed E-state index contributed by atoms with van der Waals surface area (Å²) >= 11 is 0. The van der Waals surface area contributed by atoms with Crippen molar-refractivity contribution >= 4 is 5.69 Å². The average molecular weight is 213 g/mol. The molecule has 2 aromatic carbocycles. The second-order valence-electron chi connectivity index (χ2n) is 3.55. The fraction of sp³-hybridized carbons (Fsp3) is 0.143. The van der Waals surface area contributed by atoms with E-state index in [4.69, 9.17) is 10.5 Å². The van der Waals surface area contributed by atoms with Crippen LogP contribution in [0.2, 0.25) is 0 Å². The Morgan fingerprint density at radius 3 is 2.38 bits per heavy atom. The molecule has 0 aliphatic rings. The van der Waals surface area contributed by atoms with Crippen LogP contribution in [0, 0.1) is 0 Å². The molecule has 0 aliphatic carbocycles. The predicted molar refractivity (Wildman–Crippen MR) is 67.5 cm³/mol. The maximum Gasteiger partial charge on any atom is 0.127 e. The van der Waals surface area contributed by atoms with Gasteiger partial charge in [-0.15, -0.1) is 0 Å². The molecule has 2 heteroatoms. The lowest BCUT2D eigenvalue weighted by Gasteiger charge is -2.10. The molecule has 2 nitrogen and oxygen atoms in total. The van der Waals surface area contributed by atoms with E-state index in [2.05, 4.69) is 6.07 Å². The highest BCUT2D eigenvalue weighted by molar-refractivity contribution is 5.71. The first-order chi connectivity index (χ1) is 7.81. The molecule has 0 unspecified atom stereocenters. The summed E-state index contributed by atoms with van der Waals surface area (Å²) in [6.07, 6.45) is 0. The number of hydrogen-bond acceptors (Lipinski definition) is 2. The minimum atomic E-state index is 0.673. The summed E-state index contributed by atoms with van der Waals surface area (Å²) in [5.41, 5.74) is 8.67. The highest BCUT2D eigenvalue weighted by atomic mass is 16.5. The van der Waals surface area contributed by atoms with Gasteiger partial charge in [-0.05, 0) is 30.7 Å². The lowest BCUT2D eigenvalue weighted by Crippen LogP contribution is -1.93. The third-order valence-corrected chi connectivity index (χ3v) is 2.41. The maximum absolute atomic E-state index is 5.67. The summed E-state index contributed by atoms with van der Waals surface area (Å²) in [5.74, 6) is 0.912. The van der Waals surface area contributed by atoms with Crippen LogP contribution >= 0.6 is 0 Å². The second kappa shape index (κ2) is 4.71. The quantitative estimate of drug-likeness (QED) is 0.794. The summed E-state index contributed by atoms with van der Waals surface area (Å²) in [7, 11) is 0. The SMILES string of the molecule is CCOc1ccccc1-c1ccc(N)cc1. The van der Waals surface area contributed by atoms with Crippen LogP contribution in [0.5, 0.6) is 5.75 Å². The second-order valence-corrected chi connectivity index (χ2v) is 3.55. The van der Waals surface area contributed by atoms with E-state index in [1.807, 2.05) is 49.4 Å². The van der Waals surface area contributed by atoms with Gasteiger partial charge in [0.2, 0.25) is 0 Å². The Morgan fingerprint density at radius 2 is 1.69 bits per heavy atom. The largest absolute Gasteiger partial charge is 0.493 e. The van der Waals surface area contributed by atoms with Crippen LogP contribution in [-0.2, 0) is 0 Å². The molecule has 16 heavy (non-hydrogen) atoms. The molecular weight excluding hydrogens is 198 g/mol. The van der Waals surface area contributed by atoms with Crippen molar-refractivity contribution in [1.82, 2.24) is 0 Å². The Kier molecular flexibility index (Phi) is 3.10. The molecule has 0 aromatic heterocycles. The van der Waals surface area contributed by atoms with E-state index in [9.17, 15) is 0 Å². The topological polar surface area (TPSA) is 35.2 Å². The predicted octanol–water partition coefficient (Wildman–Crippen LogP) is 3.33. The highest BCUT2D eigenvalue weighted by Gasteiger charge is 2.04. The normalized spacial score (nSPS) is 10.1. The minimum absolute atomic E-state index is 0.673. The van der Waals surface area contributed by atoms with Gasteiger partial charge in [-0.1, -0.05) is 30.3 Å². The zero-order chi connectivity index (χ0) is 11.4. The molecule has 0 aliphatic heterocycles. The summed E-state index contributed by atoms with van der Waals surface area (Å²) < 4.78 is 5.59. The summed E-state index contributed by atoms with van der Waals surface area (Å²) in [6.45, 7) is 2.66. The van der Waals surface area contributed by atoms with E-state index < -0.39 is 0 Å². The van der Waals surface area contributed by atoms with Crippen LogP contribution in [0.3, 0.4) is 0 Å². The zero-order valence-electron chi connectivity index (χ0n) is 9.31. The van der Waals surface area contributed by atoms with E-state index in [0.29, 0.717) is 6.61 Å². The number of anilines is 1. The summed E-state index contributed by atoms with van der Waals surface area (Å²) in [6, 6.07) is 15.8. The first-order valence-electron chi connectivity index (χ1n) is 5.39. The molecule has 2 N–H and O–H groups in total. The molecule has 0 amide bonds. The van der Waals surface area contributed by atoms with Crippen LogP contribution < -0.4 is 10.5 Å². The fourth-order valence-electron chi connectivity index (χ4n) is 1.65. The zero-order valence-corrected chi connectivity index (χ0v) is 9.31. The number of para-hydroxylation sites is 1. The van der Waals surface area contributed by atoms with E-state index in [1.54, 1.807) is 0 Å². The van der Waals surface area contributed by atoms with Crippen LogP contribution in [0.15, 0.2) is 48.5 Å². The summed E-state index contributed by atoms with van der Waals surface area (Å²) in [5, 5.41) is 0. The standard InChI is InChI=1S/C14H15NO/c1-2-16-14-6-4-3-5-13(14)11-7-9-12(15)10-8-11/h3-10H,2,15H2,1H3. The summed E-state index contributed by atoms with van der Waals surface area (Å²) in [4.78, 5) is 0. The van der Waals surface area contributed by atoms with Crippen molar-refractivity contribution in [2.75, 3.05) is 12.3 Å². The van der Waals surface area contributed by atoms with Gasteiger partial charge in [-0.25, -0.2) is 0 Å². The molecule has 0 heterocycles. The third-order valence-electron chi connectivity index (χ3n) is 2.41. The molecule has 0 atom stereocenters. The molecule has 0 saturated heterocycles. The number of ether oxygens (including phenoxy) is 1. The van der Waals surface area contributed by atoms with Gasteiger partial charge in [0.15, 0.2) is 0 Å². The van der Waals surface area contributed by atoms with Crippen molar-refractivity contribution in [3.05, 3.63) is 48.5 Å². The number of benzene rings is 2. The first kappa shape index (κ1) is 10.6. The van der Waals surface area contributed by atoms with Gasteiger partial charge in [0, 0.05) is 11.3 Å². The minimum Gasteiger partial charge on any atom is -0.493 e. The smallest absolute Gasteiger partial charge is 0.127 e. The molecule has 0 spiro atoms. The number of nitrogens with two attached hydrogens (primary N) is 1. The molecule has 2 aromatic rings. The Hall–Kier alpha value is -1.96. The van der Waals surface area contributed by atoms with Crippen molar-refractivity contribution in [1.29, 1.82) is 0 Å². The first-order valence-corrected chi connectivity index (χ1v) is 5.39. The Labute approximate surface area is 95.7 Å². The Morgan fingerprint density at radius 1 is 1.00 bits per heavy atom. The lowest BCUT2D eigenvalue weighted by atomic mass is 10.0. The van der Waals surface area contributed by atoms with Crippen LogP contribution in [0.1, 0.15) is 6.92 Å². The molecule has 0 radical (unpaired) electrons. The average Bonchev–Trinajstić information content (AvgIpc) is 2.32. The maximum atomic E-state index is 5.67. The van der Waals surface area contributed by atoms with Crippen molar-refractivity contribution in [2.45, 2.75) is 6.92 Å². The third kappa shape index (κ3) is 2.16. The molecule has 2 rings (SSSR count). The van der Waals surface area contributed by atoms with E-state index in [0.717, 1.165) is 22.6 Å². The van der Waals surface area contributed by atoms with Gasteiger partial charge in [-0.3, -0.25) is 0 Å². The molecule has 0 fully saturated rings. The van der Waals surface area contributed by atoms with Gasteiger partial charge < -0.3 is 10.5 Å². The van der Waals surface area contributed by atoms with Crippen LogP contribution in [0.4, 0.5) is 5.69 Å². The molecule has 82 valence electrons. The van der Waals surface area contributed by atoms with Crippen LogP contribution in [-0.4, -0.2) is 6.61 Å². The lowest BCUT2D eigenvalue weighted by molar-refractivity contribution is 0.341. The van der Waals surface area contributed by atoms with Crippen molar-refractivity contribution in [2.24, 2.45) is 0 Å². The van der Waals surface area contributed by atoms with Gasteiger partial charge in [0.1, 0.15) is 5.75 Å². The molecular formula is C14H15NO. The Bertz CT molecular complexity index is 462. The van der Waals surface area contributed by atoms with E-state index >= 15 is 0 Å². The van der Waals surface area contributed by atoms with Gasteiger partial charge in [0.25, 0.3) is 0 Å². The van der Waals surface area contributed by atoms with Gasteiger partial charge in [-0.2, -0.15) is 0 Å². The monoisotopic (exact) mass is 213 g/mol. The van der Waals surface area contributed by atoms with Crippen LogP contribution in [0.25, 0.3) is 11.1 Å². The van der Waals surface area contributed by atoms with Gasteiger partial charge >= 0.3 is 0 Å². The van der Waals surface area contributed by atoms with Gasteiger partial charge in [0.05, 0.1) is 6.61 Å². The Balaban J connectivity index is 2.42. The molecule has 0 saturated carbocycles. The van der Waals surface area contributed by atoms with E-state index in [1.165, 1.54) is 0 Å². The number of hydrogen-bond donors (Lipinski definition) is 1. The van der Waals surface area contributed by atoms with Crippen molar-refractivity contribution < 1.29 is 4.74 Å². The fourth-order valence-corrected chi connectivity index (χ4v) is 1.65. The number of nitrogen functional groups attached to an aromatic ring is 1. The molecule has 0 bridgehead atoms. The van der Waals surface area contributed by atoms with Crippen molar-refractivity contribution in [3.8, 4) is 16.9 Å².